The van der Waals surface area contributed by atoms with E-state index >= 15 is 0 Å². The average molecular weight is 447 g/mol. The number of anilines is 2. The van der Waals surface area contributed by atoms with E-state index in [-0.39, 0.29) is 17.8 Å². The Labute approximate surface area is 187 Å². The number of nitrogens with zero attached hydrogens (tertiary/aromatic N) is 4. The minimum absolute atomic E-state index is 0.0760. The molecule has 0 aliphatic carbocycles. The van der Waals surface area contributed by atoms with Crippen molar-refractivity contribution in [3.63, 3.8) is 0 Å². The number of aliphatic hydroxyl groups excluding tert-OH is 1. The molecular formula is C22H31FN6O3. The van der Waals surface area contributed by atoms with Gasteiger partial charge in [0.2, 0.25) is 0 Å². The van der Waals surface area contributed by atoms with Crippen molar-refractivity contribution in [3.8, 4) is 5.75 Å². The molecule has 1 aromatic heterocycles. The van der Waals surface area contributed by atoms with Crippen molar-refractivity contribution < 1.29 is 19.0 Å². The van der Waals surface area contributed by atoms with E-state index in [9.17, 15) is 9.50 Å². The summed E-state index contributed by atoms with van der Waals surface area (Å²) < 4.78 is 25.2. The molecule has 2 aliphatic heterocycles. The van der Waals surface area contributed by atoms with E-state index in [4.69, 9.17) is 9.47 Å². The van der Waals surface area contributed by atoms with Gasteiger partial charge in [0.1, 0.15) is 18.4 Å². The van der Waals surface area contributed by atoms with Crippen molar-refractivity contribution in [2.24, 2.45) is 0 Å². The second-order valence-electron chi connectivity index (χ2n) is 8.36. The van der Waals surface area contributed by atoms with Crippen LogP contribution in [0.5, 0.6) is 5.75 Å². The Morgan fingerprint density at radius 2 is 1.97 bits per heavy atom. The van der Waals surface area contributed by atoms with Crippen LogP contribution in [0.25, 0.3) is 0 Å². The molecule has 0 radical (unpaired) electrons. The van der Waals surface area contributed by atoms with Crippen molar-refractivity contribution in [1.82, 2.24) is 20.3 Å². The van der Waals surface area contributed by atoms with Crippen LogP contribution in [0.1, 0.15) is 31.0 Å². The number of hydrogen-bond donors (Lipinski definition) is 3. The van der Waals surface area contributed by atoms with E-state index in [0.717, 1.165) is 43.3 Å². The number of hydrogen-bond acceptors (Lipinski definition) is 9. The lowest BCUT2D eigenvalue weighted by molar-refractivity contribution is -0.0489. The van der Waals surface area contributed by atoms with Gasteiger partial charge in [-0.3, -0.25) is 4.90 Å². The minimum Gasteiger partial charge on any atom is -0.488 e. The summed E-state index contributed by atoms with van der Waals surface area (Å²) in [6.07, 6.45) is 0.860. The van der Waals surface area contributed by atoms with Gasteiger partial charge in [-0.15, -0.1) is 0 Å². The number of halogens is 1. The number of rotatable bonds is 7. The van der Waals surface area contributed by atoms with Gasteiger partial charge in [0, 0.05) is 57.9 Å². The van der Waals surface area contributed by atoms with E-state index in [2.05, 4.69) is 25.7 Å². The number of benzene rings is 1. The number of fused-ring (bicyclic) bond motifs is 1. The molecule has 0 spiro atoms. The summed E-state index contributed by atoms with van der Waals surface area (Å²) in [5.41, 5.74) is 8.64. The molecule has 1 fully saturated rings. The molecule has 2 unspecified atom stereocenters. The fourth-order valence-electron chi connectivity index (χ4n) is 4.16. The molecule has 1 aromatic carbocycles. The van der Waals surface area contributed by atoms with Crippen LogP contribution in [0, 0.1) is 5.82 Å². The van der Waals surface area contributed by atoms with Crippen molar-refractivity contribution in [2.45, 2.75) is 32.1 Å². The summed E-state index contributed by atoms with van der Waals surface area (Å²) in [7, 11) is 1.59. The highest BCUT2D eigenvalue weighted by molar-refractivity contribution is 5.60. The third-order valence-corrected chi connectivity index (χ3v) is 5.78. The third kappa shape index (κ3) is 4.93. The third-order valence-electron chi connectivity index (χ3n) is 5.78. The van der Waals surface area contributed by atoms with Crippen LogP contribution in [0.4, 0.5) is 15.9 Å². The maximum atomic E-state index is 14.5. The Morgan fingerprint density at radius 1 is 1.19 bits per heavy atom. The Hall–Kier alpha value is -2.53. The highest BCUT2D eigenvalue weighted by atomic mass is 19.1. The van der Waals surface area contributed by atoms with Gasteiger partial charge in [-0.2, -0.15) is 0 Å². The Kier molecular flexibility index (Phi) is 7.04. The van der Waals surface area contributed by atoms with Gasteiger partial charge in [-0.05, 0) is 25.5 Å². The van der Waals surface area contributed by atoms with Gasteiger partial charge in [0.15, 0.2) is 11.6 Å². The Bertz CT molecular complexity index is 923. The van der Waals surface area contributed by atoms with Crippen LogP contribution in [0.15, 0.2) is 24.5 Å². The molecule has 10 heteroatoms. The fourth-order valence-corrected chi connectivity index (χ4v) is 4.16. The first kappa shape index (κ1) is 22.7. The largest absolute Gasteiger partial charge is 0.488 e. The lowest BCUT2D eigenvalue weighted by atomic mass is 9.92. The molecule has 0 saturated carbocycles. The standard InChI is InChI=1S/C22H31FN6O3/c1-14(2)32-20-8-15-16(11-26-27-19(15)9-17(20)23)18-10-21(25-13-24-18)28-4-6-29(7-5-28)22(30)12-31-3/h8-10,13-14,16,22,26-27,30H,4-7,11-12H2,1-3H3. The molecule has 32 heavy (non-hydrogen) atoms. The minimum atomic E-state index is -0.594. The van der Waals surface area contributed by atoms with E-state index in [1.54, 1.807) is 19.5 Å². The second-order valence-corrected chi connectivity index (χ2v) is 8.36. The summed E-state index contributed by atoms with van der Waals surface area (Å²) in [6.45, 7) is 7.58. The van der Waals surface area contributed by atoms with Crippen LogP contribution in [-0.4, -0.2) is 78.7 Å². The molecule has 0 amide bonds. The number of nitrogens with one attached hydrogen (secondary N) is 2. The van der Waals surface area contributed by atoms with Gasteiger partial charge in [-0.25, -0.2) is 19.8 Å². The quantitative estimate of drug-likeness (QED) is 0.586. The smallest absolute Gasteiger partial charge is 0.167 e. The van der Waals surface area contributed by atoms with Crippen molar-refractivity contribution in [1.29, 1.82) is 0 Å². The topological polar surface area (TPSA) is 95.0 Å². The number of aliphatic hydroxyl groups is 1. The Balaban J connectivity index is 1.54. The van der Waals surface area contributed by atoms with Crippen LogP contribution < -0.4 is 20.5 Å². The SMILES string of the molecule is COCC(O)N1CCN(c2cc(C3CNNc4cc(F)c(OC(C)C)cc43)ncn2)CC1. The van der Waals surface area contributed by atoms with Crippen LogP contribution in [0.3, 0.4) is 0 Å². The van der Waals surface area contributed by atoms with E-state index in [1.807, 2.05) is 24.8 Å². The van der Waals surface area contributed by atoms with Gasteiger partial charge < -0.3 is 24.9 Å². The first-order chi connectivity index (χ1) is 15.5. The zero-order chi connectivity index (χ0) is 22.7. The van der Waals surface area contributed by atoms with Crippen LogP contribution >= 0.6 is 0 Å². The van der Waals surface area contributed by atoms with Crippen molar-refractivity contribution in [2.75, 3.05) is 56.8 Å². The highest BCUT2D eigenvalue weighted by Gasteiger charge is 2.27. The Morgan fingerprint density at radius 3 is 2.69 bits per heavy atom. The molecule has 1 saturated heterocycles. The summed E-state index contributed by atoms with van der Waals surface area (Å²) in [5.74, 6) is 0.612. The number of methoxy groups -OCH3 is 1. The molecule has 3 N–H and O–H groups in total. The zero-order valence-electron chi connectivity index (χ0n) is 18.7. The summed E-state index contributed by atoms with van der Waals surface area (Å²) in [6, 6.07) is 5.22. The summed E-state index contributed by atoms with van der Waals surface area (Å²) in [5, 5.41) is 10.1. The lowest BCUT2D eigenvalue weighted by Gasteiger charge is -2.37. The van der Waals surface area contributed by atoms with E-state index < -0.39 is 12.0 Å². The summed E-state index contributed by atoms with van der Waals surface area (Å²) >= 11 is 0. The molecule has 2 aliphatic rings. The molecule has 2 aromatic rings. The molecule has 3 heterocycles. The van der Waals surface area contributed by atoms with Crippen LogP contribution in [0.2, 0.25) is 0 Å². The average Bonchev–Trinajstić information content (AvgIpc) is 2.79. The molecule has 4 rings (SSSR count). The number of piperazine rings is 1. The van der Waals surface area contributed by atoms with E-state index in [0.29, 0.717) is 18.8 Å². The van der Waals surface area contributed by atoms with Gasteiger partial charge in [0.25, 0.3) is 0 Å². The summed E-state index contributed by atoms with van der Waals surface area (Å²) in [4.78, 5) is 13.2. The van der Waals surface area contributed by atoms with Gasteiger partial charge in [0.05, 0.1) is 24.1 Å². The predicted octanol–water partition coefficient (Wildman–Crippen LogP) is 1.55. The lowest BCUT2D eigenvalue weighted by Crippen LogP contribution is -2.51. The number of hydrazine groups is 1. The monoisotopic (exact) mass is 446 g/mol. The van der Waals surface area contributed by atoms with Gasteiger partial charge in [-0.1, -0.05) is 0 Å². The molecule has 174 valence electrons. The number of ether oxygens (including phenoxy) is 2. The normalized spacial score (nSPS) is 20.1. The maximum Gasteiger partial charge on any atom is 0.167 e. The van der Waals surface area contributed by atoms with E-state index in [1.165, 1.54) is 6.07 Å². The predicted molar refractivity (Wildman–Crippen MR) is 119 cm³/mol. The first-order valence-corrected chi connectivity index (χ1v) is 10.9. The highest BCUT2D eigenvalue weighted by Crippen LogP contribution is 2.37. The van der Waals surface area contributed by atoms with Crippen LogP contribution in [-0.2, 0) is 4.74 Å². The first-order valence-electron chi connectivity index (χ1n) is 10.9. The second kappa shape index (κ2) is 9.95. The maximum absolute atomic E-state index is 14.5. The molecular weight excluding hydrogens is 415 g/mol. The molecule has 9 nitrogen and oxygen atoms in total. The van der Waals surface area contributed by atoms with Crippen molar-refractivity contribution in [3.05, 3.63) is 41.6 Å². The van der Waals surface area contributed by atoms with Crippen molar-refractivity contribution >= 4 is 11.5 Å². The molecule has 2 atom stereocenters. The fraction of sp³-hybridized carbons (Fsp3) is 0.545. The number of aromatic nitrogens is 2. The van der Waals surface area contributed by atoms with Gasteiger partial charge >= 0.3 is 0 Å². The molecule has 0 bridgehead atoms. The zero-order valence-corrected chi connectivity index (χ0v) is 18.7.